The van der Waals surface area contributed by atoms with E-state index >= 15 is 0 Å². The van der Waals surface area contributed by atoms with Gasteiger partial charge in [0.05, 0.1) is 7.11 Å². The minimum absolute atomic E-state index is 0.591. The predicted octanol–water partition coefficient (Wildman–Crippen LogP) is 4.53. The topological polar surface area (TPSA) is 21.3 Å². The van der Waals surface area contributed by atoms with Crippen molar-refractivity contribution in [3.63, 3.8) is 0 Å². The van der Waals surface area contributed by atoms with Crippen LogP contribution in [0.15, 0.2) is 24.3 Å². The lowest BCUT2D eigenvalue weighted by molar-refractivity contribution is 0.413. The van der Waals surface area contributed by atoms with E-state index in [1.54, 1.807) is 7.11 Å². The molecule has 0 fully saturated rings. The van der Waals surface area contributed by atoms with E-state index in [2.05, 4.69) is 31.3 Å². The average molecular weight is 263 g/mol. The molecule has 1 unspecified atom stereocenters. The molecule has 1 aromatic rings. The van der Waals surface area contributed by atoms with Gasteiger partial charge in [0, 0.05) is 12.6 Å². The number of hydrogen-bond acceptors (Lipinski definition) is 2. The normalized spacial score (nSPS) is 12.4. The molecule has 0 saturated carbocycles. The molecule has 1 N–H and O–H groups in total. The van der Waals surface area contributed by atoms with Gasteiger partial charge in [0.1, 0.15) is 5.75 Å². The van der Waals surface area contributed by atoms with Crippen LogP contribution in [0.1, 0.15) is 57.9 Å². The second-order valence-corrected chi connectivity index (χ2v) is 5.34. The van der Waals surface area contributed by atoms with Crippen LogP contribution in [0, 0.1) is 0 Å². The fraction of sp³-hybridized carbons (Fsp3) is 0.647. The predicted molar refractivity (Wildman–Crippen MR) is 82.7 cm³/mol. The smallest absolute Gasteiger partial charge is 0.119 e. The van der Waals surface area contributed by atoms with Crippen molar-refractivity contribution < 1.29 is 4.74 Å². The van der Waals surface area contributed by atoms with Crippen molar-refractivity contribution in [2.24, 2.45) is 0 Å². The Morgan fingerprint density at radius 2 is 1.95 bits per heavy atom. The lowest BCUT2D eigenvalue weighted by Crippen LogP contribution is -2.25. The molecule has 0 aromatic heterocycles. The quantitative estimate of drug-likeness (QED) is 0.626. The molecule has 2 nitrogen and oxygen atoms in total. The lowest BCUT2D eigenvalue weighted by Gasteiger charge is -2.14. The maximum absolute atomic E-state index is 5.24. The molecule has 0 aliphatic carbocycles. The lowest BCUT2D eigenvalue weighted by atomic mass is 10.1. The zero-order valence-electron chi connectivity index (χ0n) is 12.7. The summed E-state index contributed by atoms with van der Waals surface area (Å²) in [6, 6.07) is 8.86. The number of ether oxygens (including phenoxy) is 1. The summed E-state index contributed by atoms with van der Waals surface area (Å²) in [5.74, 6) is 0.937. The zero-order valence-corrected chi connectivity index (χ0v) is 12.7. The van der Waals surface area contributed by atoms with Gasteiger partial charge in [-0.2, -0.15) is 0 Å². The number of hydrogen-bond donors (Lipinski definition) is 1. The second kappa shape index (κ2) is 9.85. The summed E-state index contributed by atoms with van der Waals surface area (Å²) in [4.78, 5) is 0. The van der Waals surface area contributed by atoms with E-state index in [0.29, 0.717) is 6.04 Å². The summed E-state index contributed by atoms with van der Waals surface area (Å²) < 4.78 is 5.24. The summed E-state index contributed by atoms with van der Waals surface area (Å²) in [7, 11) is 1.71. The first-order valence-electron chi connectivity index (χ1n) is 7.62. The third-order valence-corrected chi connectivity index (χ3v) is 3.53. The Labute approximate surface area is 118 Å². The number of benzene rings is 1. The van der Waals surface area contributed by atoms with Crippen molar-refractivity contribution in [3.8, 4) is 5.75 Å². The monoisotopic (exact) mass is 263 g/mol. The molecule has 108 valence electrons. The van der Waals surface area contributed by atoms with E-state index in [1.165, 1.54) is 44.1 Å². The van der Waals surface area contributed by atoms with Gasteiger partial charge in [-0.3, -0.25) is 0 Å². The van der Waals surface area contributed by atoms with Crippen molar-refractivity contribution in [2.45, 2.75) is 65.0 Å². The third-order valence-electron chi connectivity index (χ3n) is 3.53. The van der Waals surface area contributed by atoms with Gasteiger partial charge in [-0.1, -0.05) is 51.2 Å². The minimum Gasteiger partial charge on any atom is -0.497 e. The Kier molecular flexibility index (Phi) is 8.31. The molecule has 0 radical (unpaired) electrons. The highest BCUT2D eigenvalue weighted by Crippen LogP contribution is 2.13. The molecule has 19 heavy (non-hydrogen) atoms. The Balaban J connectivity index is 2.16. The maximum atomic E-state index is 5.24. The van der Waals surface area contributed by atoms with Gasteiger partial charge in [0.25, 0.3) is 0 Å². The maximum Gasteiger partial charge on any atom is 0.119 e. The summed E-state index contributed by atoms with van der Waals surface area (Å²) in [6.07, 6.45) is 8.08. The first kappa shape index (κ1) is 16.0. The van der Waals surface area contributed by atoms with Gasteiger partial charge in [-0.15, -0.1) is 0 Å². The third kappa shape index (κ3) is 7.22. The van der Waals surface area contributed by atoms with Crippen molar-refractivity contribution in [1.82, 2.24) is 5.32 Å². The minimum atomic E-state index is 0.591. The Morgan fingerprint density at radius 3 is 2.68 bits per heavy atom. The van der Waals surface area contributed by atoms with Crippen LogP contribution in [0.5, 0.6) is 5.75 Å². The molecule has 0 heterocycles. The number of rotatable bonds is 10. The molecule has 0 aliphatic heterocycles. The van der Waals surface area contributed by atoms with Crippen LogP contribution in [-0.4, -0.2) is 13.2 Å². The van der Waals surface area contributed by atoms with E-state index in [0.717, 1.165) is 12.3 Å². The molecule has 1 rings (SSSR count). The van der Waals surface area contributed by atoms with Crippen LogP contribution >= 0.6 is 0 Å². The van der Waals surface area contributed by atoms with Gasteiger partial charge in [0.2, 0.25) is 0 Å². The number of unbranched alkanes of at least 4 members (excludes halogenated alkanes) is 4. The fourth-order valence-corrected chi connectivity index (χ4v) is 2.23. The highest BCUT2D eigenvalue weighted by Gasteiger charge is 2.02. The molecule has 2 heteroatoms. The van der Waals surface area contributed by atoms with E-state index in [1.807, 2.05) is 12.1 Å². The van der Waals surface area contributed by atoms with Gasteiger partial charge >= 0.3 is 0 Å². The SMILES string of the molecule is CCCCCCCC(C)NCc1cccc(OC)c1. The largest absolute Gasteiger partial charge is 0.497 e. The Hall–Kier alpha value is -1.02. The molecule has 0 amide bonds. The van der Waals surface area contributed by atoms with Crippen molar-refractivity contribution in [2.75, 3.05) is 7.11 Å². The van der Waals surface area contributed by atoms with Crippen LogP contribution in [-0.2, 0) is 6.54 Å². The van der Waals surface area contributed by atoms with Crippen LogP contribution in [0.3, 0.4) is 0 Å². The van der Waals surface area contributed by atoms with E-state index in [-0.39, 0.29) is 0 Å². The average Bonchev–Trinajstić information content (AvgIpc) is 2.45. The first-order chi connectivity index (χ1) is 9.26. The Bertz CT molecular complexity index is 338. The first-order valence-corrected chi connectivity index (χ1v) is 7.62. The van der Waals surface area contributed by atoms with Gasteiger partial charge in [0.15, 0.2) is 0 Å². The van der Waals surface area contributed by atoms with Crippen molar-refractivity contribution in [1.29, 1.82) is 0 Å². The van der Waals surface area contributed by atoms with E-state index in [4.69, 9.17) is 4.74 Å². The van der Waals surface area contributed by atoms with Gasteiger partial charge < -0.3 is 10.1 Å². The molecule has 0 aliphatic rings. The van der Waals surface area contributed by atoms with E-state index in [9.17, 15) is 0 Å². The van der Waals surface area contributed by atoms with Crippen LogP contribution in [0.2, 0.25) is 0 Å². The summed E-state index contributed by atoms with van der Waals surface area (Å²) in [5.41, 5.74) is 1.29. The molecule has 0 spiro atoms. The molecule has 1 aromatic carbocycles. The second-order valence-electron chi connectivity index (χ2n) is 5.34. The highest BCUT2D eigenvalue weighted by atomic mass is 16.5. The molecule has 0 saturated heterocycles. The molecule has 1 atom stereocenters. The molecular weight excluding hydrogens is 234 g/mol. The summed E-state index contributed by atoms with van der Waals surface area (Å²) in [5, 5.41) is 3.59. The Morgan fingerprint density at radius 1 is 1.16 bits per heavy atom. The molecule has 0 bridgehead atoms. The van der Waals surface area contributed by atoms with Crippen molar-refractivity contribution in [3.05, 3.63) is 29.8 Å². The zero-order chi connectivity index (χ0) is 13.9. The number of nitrogens with one attached hydrogen (secondary N) is 1. The van der Waals surface area contributed by atoms with Crippen LogP contribution < -0.4 is 10.1 Å². The molecular formula is C17H29NO. The fourth-order valence-electron chi connectivity index (χ4n) is 2.23. The number of methoxy groups -OCH3 is 1. The summed E-state index contributed by atoms with van der Waals surface area (Å²) in [6.45, 7) is 5.46. The van der Waals surface area contributed by atoms with Crippen LogP contribution in [0.4, 0.5) is 0 Å². The summed E-state index contributed by atoms with van der Waals surface area (Å²) >= 11 is 0. The van der Waals surface area contributed by atoms with Gasteiger partial charge in [-0.05, 0) is 31.0 Å². The highest BCUT2D eigenvalue weighted by molar-refractivity contribution is 5.28. The van der Waals surface area contributed by atoms with E-state index < -0.39 is 0 Å². The van der Waals surface area contributed by atoms with Crippen molar-refractivity contribution >= 4 is 0 Å². The van der Waals surface area contributed by atoms with Crippen LogP contribution in [0.25, 0.3) is 0 Å². The standard InChI is InChI=1S/C17H29NO/c1-4-5-6-7-8-10-15(2)18-14-16-11-9-12-17(13-16)19-3/h9,11-13,15,18H,4-8,10,14H2,1-3H3. The van der Waals surface area contributed by atoms with Gasteiger partial charge in [-0.25, -0.2) is 0 Å².